The van der Waals surface area contributed by atoms with Gasteiger partial charge >= 0.3 is 0 Å². The molecule has 22 heavy (non-hydrogen) atoms. The van der Waals surface area contributed by atoms with Gasteiger partial charge in [-0.15, -0.1) is 0 Å². The van der Waals surface area contributed by atoms with E-state index in [-0.39, 0.29) is 12.0 Å². The summed E-state index contributed by atoms with van der Waals surface area (Å²) in [5, 5.41) is 6.79. The first kappa shape index (κ1) is 15.5. The van der Waals surface area contributed by atoms with E-state index in [1.165, 1.54) is 11.1 Å². The lowest BCUT2D eigenvalue weighted by molar-refractivity contribution is -0.139. The summed E-state index contributed by atoms with van der Waals surface area (Å²) in [5.74, 6) is 0.560. The molecule has 120 valence electrons. The van der Waals surface area contributed by atoms with Crippen LogP contribution in [0.5, 0.6) is 0 Å². The number of nitrogens with one attached hydrogen (secondary N) is 2. The Morgan fingerprint density at radius 2 is 1.86 bits per heavy atom. The number of piperidine rings is 1. The second-order valence-electron chi connectivity index (χ2n) is 6.37. The van der Waals surface area contributed by atoms with Crippen molar-refractivity contribution >= 4 is 5.91 Å². The van der Waals surface area contributed by atoms with E-state index in [1.54, 1.807) is 0 Å². The average molecular weight is 301 g/mol. The fourth-order valence-corrected chi connectivity index (χ4v) is 3.54. The van der Waals surface area contributed by atoms with Crippen molar-refractivity contribution in [1.82, 2.24) is 15.5 Å². The molecule has 2 heterocycles. The molecule has 1 atom stereocenters. The minimum Gasteiger partial charge on any atom is -0.333 e. The van der Waals surface area contributed by atoms with Gasteiger partial charge in [0, 0.05) is 25.6 Å². The summed E-state index contributed by atoms with van der Waals surface area (Å²) in [4.78, 5) is 15.0. The normalized spacial score (nSPS) is 23.5. The van der Waals surface area contributed by atoms with Gasteiger partial charge in [0.05, 0.1) is 6.04 Å². The van der Waals surface area contributed by atoms with Crippen LogP contribution in [0.2, 0.25) is 0 Å². The van der Waals surface area contributed by atoms with Crippen molar-refractivity contribution in [2.24, 2.45) is 5.92 Å². The van der Waals surface area contributed by atoms with Crippen molar-refractivity contribution in [1.29, 1.82) is 0 Å². The fraction of sp³-hybridized carbons (Fsp3) is 0.611. The molecular weight excluding hydrogens is 274 g/mol. The Kier molecular flexibility index (Phi) is 5.11. The van der Waals surface area contributed by atoms with Crippen LogP contribution in [0.1, 0.15) is 36.9 Å². The third kappa shape index (κ3) is 3.33. The van der Waals surface area contributed by atoms with Crippen molar-refractivity contribution in [3.63, 3.8) is 0 Å². The Hall–Kier alpha value is -1.39. The molecule has 0 saturated carbocycles. The van der Waals surface area contributed by atoms with Gasteiger partial charge in [0.15, 0.2) is 0 Å². The van der Waals surface area contributed by atoms with Crippen LogP contribution in [0.15, 0.2) is 24.3 Å². The van der Waals surface area contributed by atoms with Crippen molar-refractivity contribution in [3.05, 3.63) is 35.4 Å². The summed E-state index contributed by atoms with van der Waals surface area (Å²) < 4.78 is 0. The van der Waals surface area contributed by atoms with Gasteiger partial charge < -0.3 is 15.5 Å². The highest BCUT2D eigenvalue weighted by molar-refractivity contribution is 5.79. The molecule has 4 nitrogen and oxygen atoms in total. The molecule has 0 spiro atoms. The highest BCUT2D eigenvalue weighted by Crippen LogP contribution is 2.26. The van der Waals surface area contributed by atoms with Crippen molar-refractivity contribution in [3.8, 4) is 0 Å². The molecule has 3 rings (SSSR count). The monoisotopic (exact) mass is 301 g/mol. The number of hydrogen-bond acceptors (Lipinski definition) is 3. The van der Waals surface area contributed by atoms with Gasteiger partial charge in [-0.1, -0.05) is 31.2 Å². The summed E-state index contributed by atoms with van der Waals surface area (Å²) >= 11 is 0. The minimum absolute atomic E-state index is 0.182. The van der Waals surface area contributed by atoms with Gasteiger partial charge in [0.25, 0.3) is 0 Å². The number of rotatable bonds is 3. The summed E-state index contributed by atoms with van der Waals surface area (Å²) in [7, 11) is 0. The SMILES string of the molecule is CCc1ccc(C2CNCCN2C(=O)C2CCNCC2)cc1. The summed E-state index contributed by atoms with van der Waals surface area (Å²) in [6.45, 7) is 6.70. The summed E-state index contributed by atoms with van der Waals surface area (Å²) in [6, 6.07) is 8.95. The third-order valence-corrected chi connectivity index (χ3v) is 4.99. The highest BCUT2D eigenvalue weighted by Gasteiger charge is 2.32. The van der Waals surface area contributed by atoms with Crippen LogP contribution in [0.3, 0.4) is 0 Å². The predicted octanol–water partition coefficient (Wildman–Crippen LogP) is 1.72. The Labute approximate surface area is 133 Å². The molecule has 1 amide bonds. The molecule has 0 aromatic heterocycles. The van der Waals surface area contributed by atoms with Crippen LogP contribution in [-0.2, 0) is 11.2 Å². The number of piperazine rings is 1. The van der Waals surface area contributed by atoms with Gasteiger partial charge in [0.1, 0.15) is 0 Å². The van der Waals surface area contributed by atoms with E-state index in [9.17, 15) is 4.79 Å². The zero-order valence-electron chi connectivity index (χ0n) is 13.5. The number of carbonyl (C=O) groups excluding carboxylic acids is 1. The maximum Gasteiger partial charge on any atom is 0.226 e. The minimum atomic E-state index is 0.182. The van der Waals surface area contributed by atoms with Crippen LogP contribution >= 0.6 is 0 Å². The lowest BCUT2D eigenvalue weighted by atomic mass is 9.93. The number of benzene rings is 1. The molecule has 2 N–H and O–H groups in total. The molecule has 1 aromatic rings. The Balaban J connectivity index is 1.76. The molecule has 2 aliphatic rings. The molecular formula is C18H27N3O. The smallest absolute Gasteiger partial charge is 0.226 e. The van der Waals surface area contributed by atoms with E-state index in [0.717, 1.165) is 52.0 Å². The molecule has 2 saturated heterocycles. The molecule has 0 bridgehead atoms. The van der Waals surface area contributed by atoms with Gasteiger partial charge in [-0.2, -0.15) is 0 Å². The van der Waals surface area contributed by atoms with Crippen molar-refractivity contribution < 1.29 is 4.79 Å². The molecule has 2 fully saturated rings. The zero-order chi connectivity index (χ0) is 15.4. The number of amides is 1. The zero-order valence-corrected chi connectivity index (χ0v) is 13.5. The Bertz CT molecular complexity index is 494. The van der Waals surface area contributed by atoms with Gasteiger partial charge in [0.2, 0.25) is 5.91 Å². The van der Waals surface area contributed by atoms with Gasteiger partial charge in [-0.05, 0) is 43.5 Å². The second kappa shape index (κ2) is 7.25. The van der Waals surface area contributed by atoms with Crippen LogP contribution in [0.4, 0.5) is 0 Å². The predicted molar refractivity (Wildman–Crippen MR) is 88.7 cm³/mol. The largest absolute Gasteiger partial charge is 0.333 e. The second-order valence-corrected chi connectivity index (χ2v) is 6.37. The molecule has 2 aliphatic heterocycles. The molecule has 1 aromatic carbocycles. The van der Waals surface area contributed by atoms with E-state index in [2.05, 4.69) is 46.7 Å². The first-order valence-corrected chi connectivity index (χ1v) is 8.60. The van der Waals surface area contributed by atoms with Crippen molar-refractivity contribution in [2.45, 2.75) is 32.2 Å². The molecule has 4 heteroatoms. The number of nitrogens with zero attached hydrogens (tertiary/aromatic N) is 1. The summed E-state index contributed by atoms with van der Waals surface area (Å²) in [6.07, 6.45) is 3.01. The quantitative estimate of drug-likeness (QED) is 0.893. The standard InChI is InChI=1S/C18H27N3O/c1-2-14-3-5-15(6-4-14)17-13-20-11-12-21(17)18(22)16-7-9-19-10-8-16/h3-6,16-17,19-20H,2,7-13H2,1H3. The highest BCUT2D eigenvalue weighted by atomic mass is 16.2. The van der Waals surface area contributed by atoms with Crippen LogP contribution in [0, 0.1) is 5.92 Å². The van der Waals surface area contributed by atoms with Gasteiger partial charge in [-0.3, -0.25) is 4.79 Å². The average Bonchev–Trinajstić information content (AvgIpc) is 2.62. The number of aryl methyl sites for hydroxylation is 1. The van der Waals surface area contributed by atoms with Crippen LogP contribution in [-0.4, -0.2) is 43.5 Å². The lowest BCUT2D eigenvalue weighted by Gasteiger charge is -2.39. The third-order valence-electron chi connectivity index (χ3n) is 4.99. The topological polar surface area (TPSA) is 44.4 Å². The summed E-state index contributed by atoms with van der Waals surface area (Å²) in [5.41, 5.74) is 2.61. The molecule has 0 radical (unpaired) electrons. The number of carbonyl (C=O) groups is 1. The first-order chi connectivity index (χ1) is 10.8. The van der Waals surface area contributed by atoms with Crippen LogP contribution < -0.4 is 10.6 Å². The van der Waals surface area contributed by atoms with E-state index in [4.69, 9.17) is 0 Å². The lowest BCUT2D eigenvalue weighted by Crippen LogP contribution is -2.51. The Morgan fingerprint density at radius 1 is 1.14 bits per heavy atom. The van der Waals surface area contributed by atoms with E-state index in [1.807, 2.05) is 0 Å². The van der Waals surface area contributed by atoms with Crippen LogP contribution in [0.25, 0.3) is 0 Å². The van der Waals surface area contributed by atoms with Gasteiger partial charge in [-0.25, -0.2) is 0 Å². The Morgan fingerprint density at radius 3 is 2.55 bits per heavy atom. The fourth-order valence-electron chi connectivity index (χ4n) is 3.54. The van der Waals surface area contributed by atoms with E-state index >= 15 is 0 Å². The maximum absolute atomic E-state index is 12.9. The molecule has 0 aliphatic carbocycles. The molecule has 1 unspecified atom stereocenters. The number of hydrogen-bond donors (Lipinski definition) is 2. The van der Waals surface area contributed by atoms with Crippen molar-refractivity contribution in [2.75, 3.05) is 32.7 Å². The van der Waals surface area contributed by atoms with E-state index < -0.39 is 0 Å². The first-order valence-electron chi connectivity index (χ1n) is 8.60. The maximum atomic E-state index is 12.9. The van der Waals surface area contributed by atoms with E-state index in [0.29, 0.717) is 5.91 Å².